The molecule has 0 amide bonds. The molecule has 0 saturated heterocycles. The molecule has 52 heavy (non-hydrogen) atoms. The second kappa shape index (κ2) is 23.9. The van der Waals surface area contributed by atoms with E-state index in [9.17, 15) is 0 Å². The SMILES string of the molecule is CCCCCCCCCCCC(c1ccc(N)cc1)c1ccc(C(C)c2ccc(C(CCCCCCCCCCC)c3ccc(N)cc3)cc2)cc1. The van der Waals surface area contributed by atoms with E-state index >= 15 is 0 Å². The van der Waals surface area contributed by atoms with E-state index in [2.05, 4.69) is 118 Å². The molecule has 0 fully saturated rings. The van der Waals surface area contributed by atoms with Crippen LogP contribution in [0.1, 0.15) is 200 Å². The van der Waals surface area contributed by atoms with Gasteiger partial charge in [0.05, 0.1) is 0 Å². The lowest BCUT2D eigenvalue weighted by molar-refractivity contribution is 0.545. The lowest BCUT2D eigenvalue weighted by atomic mass is 9.83. The molecule has 0 saturated carbocycles. The molecule has 2 nitrogen and oxygen atoms in total. The zero-order chi connectivity index (χ0) is 36.8. The van der Waals surface area contributed by atoms with Crippen molar-refractivity contribution in [3.8, 4) is 0 Å². The quantitative estimate of drug-likeness (QED) is 0.0506. The molecule has 4 aromatic carbocycles. The molecular formula is C50H72N2. The van der Waals surface area contributed by atoms with E-state index in [0.29, 0.717) is 17.8 Å². The van der Waals surface area contributed by atoms with Crippen LogP contribution >= 0.6 is 0 Å². The predicted octanol–water partition coefficient (Wildman–Crippen LogP) is 15.1. The van der Waals surface area contributed by atoms with E-state index in [1.165, 1.54) is 162 Å². The largest absolute Gasteiger partial charge is 0.399 e. The van der Waals surface area contributed by atoms with Crippen molar-refractivity contribution < 1.29 is 0 Å². The molecule has 0 aliphatic heterocycles. The summed E-state index contributed by atoms with van der Waals surface area (Å²) in [5.74, 6) is 1.15. The Kier molecular flexibility index (Phi) is 19.0. The van der Waals surface area contributed by atoms with Gasteiger partial charge in [-0.1, -0.05) is 209 Å². The van der Waals surface area contributed by atoms with Gasteiger partial charge < -0.3 is 11.5 Å². The normalized spacial score (nSPS) is 13.2. The molecule has 2 atom stereocenters. The van der Waals surface area contributed by atoms with Gasteiger partial charge in [0.1, 0.15) is 0 Å². The molecule has 0 aromatic heterocycles. The van der Waals surface area contributed by atoms with Crippen LogP contribution in [0.2, 0.25) is 0 Å². The Bertz CT molecular complexity index is 1350. The molecule has 4 aromatic rings. The van der Waals surface area contributed by atoms with Gasteiger partial charge in [-0.3, -0.25) is 0 Å². The second-order valence-corrected chi connectivity index (χ2v) is 15.7. The van der Waals surface area contributed by atoms with E-state index < -0.39 is 0 Å². The molecule has 282 valence electrons. The van der Waals surface area contributed by atoms with Gasteiger partial charge >= 0.3 is 0 Å². The number of hydrogen-bond donors (Lipinski definition) is 2. The van der Waals surface area contributed by atoms with Crippen LogP contribution in [-0.2, 0) is 0 Å². The number of rotatable bonds is 26. The molecule has 4 N–H and O–H groups in total. The van der Waals surface area contributed by atoms with Crippen molar-refractivity contribution in [3.63, 3.8) is 0 Å². The van der Waals surface area contributed by atoms with Crippen molar-refractivity contribution in [1.82, 2.24) is 0 Å². The van der Waals surface area contributed by atoms with Crippen LogP contribution in [0, 0.1) is 0 Å². The van der Waals surface area contributed by atoms with Crippen molar-refractivity contribution in [2.24, 2.45) is 0 Å². The first kappa shape index (κ1) is 41.2. The summed E-state index contributed by atoms with van der Waals surface area (Å²) in [6.45, 7) is 6.94. The zero-order valence-electron chi connectivity index (χ0n) is 33.3. The van der Waals surface area contributed by atoms with Gasteiger partial charge in [0.15, 0.2) is 0 Å². The summed E-state index contributed by atoms with van der Waals surface area (Å²) >= 11 is 0. The Morgan fingerprint density at radius 2 is 0.558 bits per heavy atom. The first-order valence-electron chi connectivity index (χ1n) is 21.4. The van der Waals surface area contributed by atoms with Crippen LogP contribution in [0.15, 0.2) is 97.1 Å². The highest BCUT2D eigenvalue weighted by atomic mass is 14.5. The van der Waals surface area contributed by atoms with Gasteiger partial charge in [-0.2, -0.15) is 0 Å². The molecule has 4 rings (SSSR count). The van der Waals surface area contributed by atoms with Crippen molar-refractivity contribution >= 4 is 11.4 Å². The highest BCUT2D eigenvalue weighted by molar-refractivity contribution is 5.45. The fourth-order valence-corrected chi connectivity index (χ4v) is 8.05. The molecular weight excluding hydrogens is 629 g/mol. The minimum Gasteiger partial charge on any atom is -0.399 e. The third-order valence-corrected chi connectivity index (χ3v) is 11.5. The van der Waals surface area contributed by atoms with Crippen LogP contribution in [0.4, 0.5) is 11.4 Å². The highest BCUT2D eigenvalue weighted by Crippen LogP contribution is 2.35. The molecule has 0 radical (unpaired) electrons. The monoisotopic (exact) mass is 701 g/mol. The average Bonchev–Trinajstić information content (AvgIpc) is 3.17. The minimum atomic E-state index is 0.336. The van der Waals surface area contributed by atoms with Crippen LogP contribution in [-0.4, -0.2) is 0 Å². The Balaban J connectivity index is 1.36. The fraction of sp³-hybridized carbons (Fsp3) is 0.520. The van der Waals surface area contributed by atoms with E-state index in [4.69, 9.17) is 11.5 Å². The van der Waals surface area contributed by atoms with Crippen LogP contribution < -0.4 is 11.5 Å². The Morgan fingerprint density at radius 3 is 0.846 bits per heavy atom. The summed E-state index contributed by atoms with van der Waals surface area (Å²) < 4.78 is 0. The summed E-state index contributed by atoms with van der Waals surface area (Å²) in [6, 6.07) is 36.2. The minimum absolute atomic E-state index is 0.336. The Labute approximate surface area is 319 Å². The fourth-order valence-electron chi connectivity index (χ4n) is 8.05. The molecule has 2 unspecified atom stereocenters. The van der Waals surface area contributed by atoms with Gasteiger partial charge in [-0.05, 0) is 70.5 Å². The first-order valence-corrected chi connectivity index (χ1v) is 21.4. The number of nitrogen functional groups attached to an aromatic ring is 2. The number of hydrogen-bond acceptors (Lipinski definition) is 2. The predicted molar refractivity (Wildman–Crippen MR) is 229 cm³/mol. The topological polar surface area (TPSA) is 52.0 Å². The molecule has 0 spiro atoms. The van der Waals surface area contributed by atoms with Gasteiger partial charge in [-0.15, -0.1) is 0 Å². The van der Waals surface area contributed by atoms with Gasteiger partial charge in [-0.25, -0.2) is 0 Å². The number of nitrogens with two attached hydrogens (primary N) is 2. The molecule has 0 bridgehead atoms. The smallest absolute Gasteiger partial charge is 0.0314 e. The Hall–Kier alpha value is -3.52. The second-order valence-electron chi connectivity index (χ2n) is 15.7. The summed E-state index contributed by atoms with van der Waals surface area (Å²) in [7, 11) is 0. The number of unbranched alkanes of at least 4 members (excludes halogenated alkanes) is 16. The molecule has 0 heterocycles. The zero-order valence-corrected chi connectivity index (χ0v) is 33.3. The van der Waals surface area contributed by atoms with Crippen molar-refractivity contribution in [3.05, 3.63) is 130 Å². The van der Waals surface area contributed by atoms with Gasteiger partial charge in [0, 0.05) is 29.1 Å². The van der Waals surface area contributed by atoms with Crippen LogP contribution in [0.3, 0.4) is 0 Å². The number of anilines is 2. The summed E-state index contributed by atoms with van der Waals surface area (Å²) in [5.41, 5.74) is 22.2. The maximum atomic E-state index is 6.08. The molecule has 2 heteroatoms. The van der Waals surface area contributed by atoms with Crippen LogP contribution in [0.25, 0.3) is 0 Å². The summed E-state index contributed by atoms with van der Waals surface area (Å²) in [4.78, 5) is 0. The first-order chi connectivity index (χ1) is 25.5. The van der Waals surface area contributed by atoms with Crippen molar-refractivity contribution in [2.45, 2.75) is 167 Å². The third-order valence-electron chi connectivity index (χ3n) is 11.5. The summed E-state index contributed by atoms with van der Waals surface area (Å²) in [5, 5.41) is 0. The van der Waals surface area contributed by atoms with E-state index in [1.807, 2.05) is 0 Å². The van der Waals surface area contributed by atoms with Crippen molar-refractivity contribution in [1.29, 1.82) is 0 Å². The maximum absolute atomic E-state index is 6.08. The standard InChI is InChI=1S/C50H72N2/c1-4-6-8-10-12-14-16-18-20-22-49(45-32-36-47(51)37-33-45)43-28-24-41(25-29-43)40(3)42-26-30-44(31-27-42)50(46-34-38-48(52)39-35-46)23-21-19-17-15-13-11-9-7-5-2/h24-40,49-50H,4-23,51-52H2,1-3H3. The van der Waals surface area contributed by atoms with Gasteiger partial charge in [0.2, 0.25) is 0 Å². The lowest BCUT2D eigenvalue weighted by Gasteiger charge is -2.21. The summed E-state index contributed by atoms with van der Waals surface area (Å²) in [6.07, 6.45) is 26.9. The highest BCUT2D eigenvalue weighted by Gasteiger charge is 2.18. The third kappa shape index (κ3) is 14.1. The van der Waals surface area contributed by atoms with Crippen LogP contribution in [0.5, 0.6) is 0 Å². The van der Waals surface area contributed by atoms with Crippen molar-refractivity contribution in [2.75, 3.05) is 11.5 Å². The molecule has 0 aliphatic carbocycles. The van der Waals surface area contributed by atoms with Gasteiger partial charge in [0.25, 0.3) is 0 Å². The Morgan fingerprint density at radius 1 is 0.327 bits per heavy atom. The van der Waals surface area contributed by atoms with E-state index in [-0.39, 0.29) is 0 Å². The number of benzene rings is 4. The average molecular weight is 701 g/mol. The maximum Gasteiger partial charge on any atom is 0.0314 e. The molecule has 0 aliphatic rings. The van der Waals surface area contributed by atoms with E-state index in [1.54, 1.807) is 0 Å². The van der Waals surface area contributed by atoms with E-state index in [0.717, 1.165) is 11.4 Å². The lowest BCUT2D eigenvalue weighted by Crippen LogP contribution is -2.04.